The smallest absolute Gasteiger partial charge is 0.294 e. The van der Waals surface area contributed by atoms with E-state index in [1.54, 1.807) is 0 Å². The summed E-state index contributed by atoms with van der Waals surface area (Å²) in [5, 5.41) is 2.75. The first-order valence-corrected chi connectivity index (χ1v) is 21.6. The molecule has 4 nitrogen and oxygen atoms in total. The van der Waals surface area contributed by atoms with Crippen LogP contribution in [0.25, 0.3) is 54.3 Å². The number of thiophene rings is 1. The predicted octanol–water partition coefficient (Wildman–Crippen LogP) is 14.7. The van der Waals surface area contributed by atoms with Crippen molar-refractivity contribution in [2.24, 2.45) is 0 Å². The zero-order valence-electron chi connectivity index (χ0n) is 35.7. The summed E-state index contributed by atoms with van der Waals surface area (Å²) in [5.41, 5.74) is 12.0. The van der Waals surface area contributed by atoms with Crippen molar-refractivity contribution in [1.82, 2.24) is 14.1 Å². The monoisotopic (exact) mass is 771 g/mol. The average Bonchev–Trinajstić information content (AvgIpc) is 3.95. The van der Waals surface area contributed by atoms with Gasteiger partial charge in [-0.05, 0) is 79.3 Å². The molecule has 3 heterocycles. The van der Waals surface area contributed by atoms with Crippen molar-refractivity contribution in [3.05, 3.63) is 156 Å². The Balaban J connectivity index is 0.000000175. The fourth-order valence-corrected chi connectivity index (χ4v) is 9.68. The molecule has 57 heavy (non-hydrogen) atoms. The van der Waals surface area contributed by atoms with E-state index < -0.39 is 0 Å². The van der Waals surface area contributed by atoms with Crippen LogP contribution in [-0.2, 0) is 0 Å². The normalized spacial score (nSPS) is 11.9. The Labute approximate surface area is 344 Å². The Morgan fingerprint density at radius 2 is 1.21 bits per heavy atom. The van der Waals surface area contributed by atoms with Gasteiger partial charge >= 0.3 is 0 Å². The lowest BCUT2D eigenvalue weighted by Crippen LogP contribution is -2.37. The van der Waals surface area contributed by atoms with Crippen molar-refractivity contribution in [1.29, 1.82) is 0 Å². The lowest BCUT2D eigenvalue weighted by atomic mass is 9.90. The third-order valence-electron chi connectivity index (χ3n) is 11.2. The fraction of sp³-hybridized carbons (Fsp3) is 0.308. The van der Waals surface area contributed by atoms with E-state index in [1.807, 2.05) is 17.5 Å². The van der Waals surface area contributed by atoms with Crippen molar-refractivity contribution in [2.75, 3.05) is 0 Å². The molecule has 0 atom stereocenters. The van der Waals surface area contributed by atoms with Gasteiger partial charge in [0.1, 0.15) is 23.9 Å². The van der Waals surface area contributed by atoms with Crippen LogP contribution >= 0.6 is 11.3 Å². The zero-order chi connectivity index (χ0) is 40.5. The number of para-hydroxylation sites is 1. The molecule has 8 rings (SSSR count). The van der Waals surface area contributed by atoms with E-state index in [1.165, 1.54) is 70.8 Å². The van der Waals surface area contributed by atoms with Crippen molar-refractivity contribution < 1.29 is 4.57 Å². The van der Waals surface area contributed by atoms with Gasteiger partial charge in [0, 0.05) is 49.3 Å². The lowest BCUT2D eigenvalue weighted by molar-refractivity contribution is -0.704. The molecule has 0 spiro atoms. The van der Waals surface area contributed by atoms with Gasteiger partial charge in [0.2, 0.25) is 0 Å². The third kappa shape index (κ3) is 7.62. The van der Waals surface area contributed by atoms with Crippen LogP contribution in [0.1, 0.15) is 127 Å². The van der Waals surface area contributed by atoms with E-state index in [0.29, 0.717) is 29.7 Å². The molecule has 0 saturated carbocycles. The van der Waals surface area contributed by atoms with Gasteiger partial charge < -0.3 is 0 Å². The number of hydrogen-bond donors (Lipinski definition) is 0. The van der Waals surface area contributed by atoms with E-state index in [4.69, 9.17) is 4.98 Å². The molecule has 0 radical (unpaired) electrons. The first kappa shape index (κ1) is 40.0. The summed E-state index contributed by atoms with van der Waals surface area (Å²) in [4.78, 5) is 4.75. The van der Waals surface area contributed by atoms with Gasteiger partial charge in [0.15, 0.2) is 0 Å². The molecule has 0 bridgehead atoms. The maximum atomic E-state index is 4.75. The Kier molecular flexibility index (Phi) is 11.7. The molecule has 0 aliphatic carbocycles. The maximum Gasteiger partial charge on any atom is 0.294 e. The Hall–Kier alpha value is -5.26. The summed E-state index contributed by atoms with van der Waals surface area (Å²) in [6.45, 7) is 25.1. The largest absolute Gasteiger partial charge is 0.299 e. The topological polar surface area (TPSA) is 26.6 Å². The molecule has 0 aliphatic rings. The van der Waals surface area contributed by atoms with Crippen LogP contribution in [0.15, 0.2) is 128 Å². The number of hydrogen-bond acceptors (Lipinski definition) is 2. The van der Waals surface area contributed by atoms with Gasteiger partial charge in [-0.2, -0.15) is 4.57 Å². The quantitative estimate of drug-likeness (QED) is 0.134. The number of fused-ring (bicyclic) bond motifs is 3. The second-order valence-corrected chi connectivity index (χ2v) is 18.0. The Morgan fingerprint density at radius 1 is 0.579 bits per heavy atom. The summed E-state index contributed by atoms with van der Waals surface area (Å²) >= 11 is 1.92. The SMILES string of the molecule is CC(C)c1cc2c(sc3ccccc32)c(C(C)C)c1-n1ccnc1-c1ccccc1.Cc1ccccc1-c1n(-c2c(C(C)C)cccc2C(C)C)cc[n+]1C(C)C. The highest BCUT2D eigenvalue weighted by atomic mass is 32.1. The van der Waals surface area contributed by atoms with Gasteiger partial charge in [-0.3, -0.25) is 4.57 Å². The van der Waals surface area contributed by atoms with Gasteiger partial charge in [-0.1, -0.05) is 140 Å². The minimum Gasteiger partial charge on any atom is -0.299 e. The summed E-state index contributed by atoms with van der Waals surface area (Å²) in [6.07, 6.45) is 8.52. The van der Waals surface area contributed by atoms with Crippen LogP contribution in [0.5, 0.6) is 0 Å². The van der Waals surface area contributed by atoms with E-state index in [-0.39, 0.29) is 0 Å². The van der Waals surface area contributed by atoms with Crippen LogP contribution in [0.4, 0.5) is 0 Å². The van der Waals surface area contributed by atoms with E-state index in [9.17, 15) is 0 Å². The van der Waals surface area contributed by atoms with Gasteiger partial charge in [-0.15, -0.1) is 11.3 Å². The van der Waals surface area contributed by atoms with Crippen molar-refractivity contribution >= 4 is 31.5 Å². The first-order chi connectivity index (χ1) is 27.4. The van der Waals surface area contributed by atoms with Gasteiger partial charge in [-0.25, -0.2) is 9.55 Å². The molecule has 5 heteroatoms. The van der Waals surface area contributed by atoms with E-state index in [0.717, 1.165) is 11.4 Å². The summed E-state index contributed by atoms with van der Waals surface area (Å²) in [7, 11) is 0. The highest BCUT2D eigenvalue weighted by Gasteiger charge is 2.29. The third-order valence-corrected chi connectivity index (χ3v) is 12.4. The highest BCUT2D eigenvalue weighted by molar-refractivity contribution is 7.26. The van der Waals surface area contributed by atoms with E-state index >= 15 is 0 Å². The summed E-state index contributed by atoms with van der Waals surface area (Å²) < 4.78 is 9.88. The minimum absolute atomic E-state index is 0.398. The second-order valence-electron chi connectivity index (χ2n) is 16.9. The van der Waals surface area contributed by atoms with Crippen LogP contribution in [0, 0.1) is 6.92 Å². The molecule has 5 aromatic carbocycles. The molecule has 3 aromatic heterocycles. The van der Waals surface area contributed by atoms with Crippen LogP contribution in [0.3, 0.4) is 0 Å². The Morgan fingerprint density at radius 3 is 1.84 bits per heavy atom. The molecule has 0 aliphatic heterocycles. The standard InChI is InChI=1S/C27H26N2S.C25H33N2/c1-17(2)21-16-22-20-12-8-9-13-23(20)30-26(22)24(18(3)4)25(21)29-15-14-28-27(29)19-10-6-5-7-11-19;1-17(2)21-13-10-14-22(18(3)4)24(21)27-16-15-26(19(5)6)25(27)23-12-9-8-11-20(23)7/h5-18H,1-4H3;8-19H,1-7H3/q;+1. The molecular formula is C52H59N4S+. The number of benzene rings is 5. The average molecular weight is 772 g/mol. The Bertz CT molecular complexity index is 2600. The molecule has 0 fully saturated rings. The van der Waals surface area contributed by atoms with Crippen LogP contribution in [-0.4, -0.2) is 14.1 Å². The van der Waals surface area contributed by atoms with Gasteiger partial charge in [0.25, 0.3) is 5.82 Å². The van der Waals surface area contributed by atoms with Crippen molar-refractivity contribution in [2.45, 2.75) is 106 Å². The summed E-state index contributed by atoms with van der Waals surface area (Å²) in [6, 6.07) is 37.6. The van der Waals surface area contributed by atoms with Crippen LogP contribution < -0.4 is 4.57 Å². The van der Waals surface area contributed by atoms with E-state index in [2.05, 4.69) is 212 Å². The number of aryl methyl sites for hydroxylation is 1. The molecule has 292 valence electrons. The number of aromatic nitrogens is 4. The molecular weight excluding hydrogens is 713 g/mol. The van der Waals surface area contributed by atoms with Crippen molar-refractivity contribution in [3.63, 3.8) is 0 Å². The second kappa shape index (κ2) is 16.7. The molecule has 0 N–H and O–H groups in total. The molecule has 0 amide bonds. The number of nitrogens with zero attached hydrogens (tertiary/aromatic N) is 4. The first-order valence-electron chi connectivity index (χ1n) is 20.8. The zero-order valence-corrected chi connectivity index (χ0v) is 36.5. The summed E-state index contributed by atoms with van der Waals surface area (Å²) in [5.74, 6) is 4.02. The maximum absolute atomic E-state index is 4.75. The van der Waals surface area contributed by atoms with Crippen LogP contribution in [0.2, 0.25) is 0 Å². The number of rotatable bonds is 9. The highest BCUT2D eigenvalue weighted by Crippen LogP contribution is 2.45. The van der Waals surface area contributed by atoms with Gasteiger partial charge in [0.05, 0.1) is 17.3 Å². The number of imidazole rings is 2. The molecule has 8 aromatic rings. The molecule has 0 saturated heterocycles. The lowest BCUT2D eigenvalue weighted by Gasteiger charge is -2.23. The van der Waals surface area contributed by atoms with Crippen molar-refractivity contribution in [3.8, 4) is 34.2 Å². The molecule has 0 unspecified atom stereocenters. The fourth-order valence-electron chi connectivity index (χ4n) is 8.31. The minimum atomic E-state index is 0.398. The predicted molar refractivity (Wildman–Crippen MR) is 245 cm³/mol.